The maximum atomic E-state index is 13.6. The fourth-order valence-electron chi connectivity index (χ4n) is 3.74. The van der Waals surface area contributed by atoms with Crippen molar-refractivity contribution in [1.82, 2.24) is 4.98 Å². The maximum Gasteiger partial charge on any atom is 0.195 e. The Kier molecular flexibility index (Phi) is 3.81. The molecule has 5 rings (SSSR count). The average molecular weight is 382 g/mol. The van der Waals surface area contributed by atoms with Crippen LogP contribution in [0.3, 0.4) is 0 Å². The number of benzene rings is 4. The van der Waals surface area contributed by atoms with Crippen LogP contribution in [-0.4, -0.2) is 4.98 Å². The first-order valence-electron chi connectivity index (χ1n) is 9.36. The fourth-order valence-corrected chi connectivity index (χ4v) is 4.89. The zero-order valence-corrected chi connectivity index (χ0v) is 16.9. The molecule has 28 heavy (non-hydrogen) atoms. The molecule has 2 nitrogen and oxygen atoms in total. The Labute approximate surface area is 167 Å². The lowest BCUT2D eigenvalue weighted by Crippen LogP contribution is -2.10. The smallest absolute Gasteiger partial charge is 0.195 e. The third kappa shape index (κ3) is 2.54. The molecule has 0 saturated carbocycles. The lowest BCUT2D eigenvalue weighted by molar-refractivity contribution is 1.35. The Hall–Kier alpha value is -3.04. The Morgan fingerprint density at radius 3 is 2.25 bits per heavy atom. The summed E-state index contributed by atoms with van der Waals surface area (Å²) in [5, 5.41) is 1.70. The monoisotopic (exact) mass is 381 g/mol. The summed E-state index contributed by atoms with van der Waals surface area (Å²) in [5.74, 6) is 0. The van der Waals surface area contributed by atoms with Crippen molar-refractivity contribution in [3.8, 4) is 21.7 Å². The van der Waals surface area contributed by atoms with Crippen LogP contribution < -0.4 is 5.43 Å². The molecule has 0 saturated heterocycles. The molecule has 0 fully saturated rings. The minimum atomic E-state index is 0.0859. The van der Waals surface area contributed by atoms with Crippen LogP contribution in [0.15, 0.2) is 65.5 Å². The highest BCUT2D eigenvalue weighted by Crippen LogP contribution is 2.41. The van der Waals surface area contributed by atoms with Crippen molar-refractivity contribution in [3.05, 3.63) is 87.6 Å². The molecule has 0 atom stereocenters. The van der Waals surface area contributed by atoms with Gasteiger partial charge in [0.1, 0.15) is 0 Å². The van der Waals surface area contributed by atoms with Crippen LogP contribution in [0.5, 0.6) is 0 Å². The van der Waals surface area contributed by atoms with Crippen LogP contribution in [-0.2, 0) is 0 Å². The summed E-state index contributed by atoms with van der Waals surface area (Å²) in [4.78, 5) is 19.6. The van der Waals surface area contributed by atoms with Gasteiger partial charge in [0.05, 0.1) is 20.8 Å². The van der Waals surface area contributed by atoms with Gasteiger partial charge in [-0.25, -0.2) is 4.98 Å². The van der Waals surface area contributed by atoms with Gasteiger partial charge < -0.3 is 0 Å². The molecule has 3 aromatic carbocycles. The van der Waals surface area contributed by atoms with Gasteiger partial charge in [-0.1, -0.05) is 42.0 Å². The second-order valence-corrected chi connectivity index (χ2v) is 8.46. The second kappa shape index (κ2) is 6.25. The van der Waals surface area contributed by atoms with E-state index >= 15 is 0 Å². The van der Waals surface area contributed by atoms with E-state index in [1.54, 1.807) is 11.3 Å². The zero-order chi connectivity index (χ0) is 19.4. The quantitative estimate of drug-likeness (QED) is 0.245. The van der Waals surface area contributed by atoms with Gasteiger partial charge in [-0.05, 0) is 61.7 Å². The normalized spacial score (nSPS) is 11.5. The summed E-state index contributed by atoms with van der Waals surface area (Å²) in [6.07, 6.45) is 0. The first-order chi connectivity index (χ1) is 13.5. The highest BCUT2D eigenvalue weighted by Gasteiger charge is 2.22. The van der Waals surface area contributed by atoms with Crippen LogP contribution in [0.4, 0.5) is 0 Å². The van der Waals surface area contributed by atoms with Crippen LogP contribution >= 0.6 is 11.3 Å². The number of fused-ring (bicyclic) bond motifs is 4. The van der Waals surface area contributed by atoms with Gasteiger partial charge in [0.25, 0.3) is 0 Å². The lowest BCUT2D eigenvalue weighted by atomic mass is 9.93. The summed E-state index contributed by atoms with van der Waals surface area (Å²) in [7, 11) is 0. The van der Waals surface area contributed by atoms with Crippen LogP contribution in [0, 0.1) is 20.8 Å². The Morgan fingerprint density at radius 2 is 1.50 bits per heavy atom. The molecule has 1 heterocycles. The van der Waals surface area contributed by atoms with Crippen molar-refractivity contribution in [2.45, 2.75) is 20.8 Å². The standard InChI is InChI=1S/C25H19NOS/c1-14-8-10-17(11-9-14)22-24(27)19-13-16(3)15(2)12-18(19)23-25(22)28-21-7-5-4-6-20(21)26-23/h4-13H,1-3H3. The van der Waals surface area contributed by atoms with E-state index in [1.165, 1.54) is 11.1 Å². The molecule has 3 heteroatoms. The lowest BCUT2D eigenvalue weighted by Gasteiger charge is -2.16. The number of hydrogen-bond donors (Lipinski definition) is 0. The van der Waals surface area contributed by atoms with Crippen molar-refractivity contribution in [2.75, 3.05) is 0 Å². The second-order valence-electron chi connectivity index (χ2n) is 7.41. The van der Waals surface area contributed by atoms with Crippen LogP contribution in [0.1, 0.15) is 16.7 Å². The minimum Gasteiger partial charge on any atom is -0.289 e. The van der Waals surface area contributed by atoms with Crippen LogP contribution in [0.25, 0.3) is 42.7 Å². The van der Waals surface area contributed by atoms with Gasteiger partial charge in [-0.2, -0.15) is 0 Å². The van der Waals surface area contributed by atoms with Gasteiger partial charge >= 0.3 is 0 Å². The van der Waals surface area contributed by atoms with E-state index in [-0.39, 0.29) is 5.43 Å². The van der Waals surface area contributed by atoms with Crippen molar-refractivity contribution < 1.29 is 0 Å². The Balaban J connectivity index is 2.03. The first kappa shape index (κ1) is 17.1. The number of aromatic nitrogens is 1. The molecule has 0 radical (unpaired) electrons. The van der Waals surface area contributed by atoms with Crippen molar-refractivity contribution >= 4 is 32.3 Å². The fraction of sp³-hybridized carbons (Fsp3) is 0.120. The average Bonchev–Trinajstić information content (AvgIpc) is 2.70. The van der Waals surface area contributed by atoms with Gasteiger partial charge in [-0.3, -0.25) is 4.79 Å². The maximum absolute atomic E-state index is 13.6. The molecule has 3 aromatic rings. The summed E-state index contributed by atoms with van der Waals surface area (Å²) in [6, 6.07) is 20.5. The number of nitrogens with zero attached hydrogens (tertiary/aromatic N) is 1. The Bertz CT molecular complexity index is 1400. The predicted molar refractivity (Wildman–Crippen MR) is 120 cm³/mol. The minimum absolute atomic E-state index is 0.0859. The first-order valence-corrected chi connectivity index (χ1v) is 10.2. The molecule has 0 amide bonds. The van der Waals surface area contributed by atoms with E-state index < -0.39 is 0 Å². The molecule has 0 aromatic heterocycles. The number of para-hydroxylation sites is 1. The molecule has 1 aliphatic heterocycles. The summed E-state index contributed by atoms with van der Waals surface area (Å²) in [6.45, 7) is 6.20. The van der Waals surface area contributed by atoms with Crippen molar-refractivity contribution in [3.63, 3.8) is 0 Å². The SMILES string of the molecule is Cc1ccc(-c2c3sc4ccccc4nc-3c3cc(C)c(C)cc3c2=O)cc1. The number of hydrogen-bond acceptors (Lipinski definition) is 3. The van der Waals surface area contributed by atoms with Crippen molar-refractivity contribution in [1.29, 1.82) is 0 Å². The van der Waals surface area contributed by atoms with Gasteiger partial charge in [0.2, 0.25) is 0 Å². The molecule has 0 bridgehead atoms. The van der Waals surface area contributed by atoms with Crippen LogP contribution in [0.2, 0.25) is 0 Å². The van der Waals surface area contributed by atoms with E-state index in [9.17, 15) is 4.79 Å². The summed E-state index contributed by atoms with van der Waals surface area (Å²) >= 11 is 1.65. The molecular formula is C25H19NOS. The molecule has 0 spiro atoms. The molecule has 1 aliphatic carbocycles. The highest BCUT2D eigenvalue weighted by molar-refractivity contribution is 7.22. The van der Waals surface area contributed by atoms with E-state index in [0.29, 0.717) is 0 Å². The van der Waals surface area contributed by atoms with Gasteiger partial charge in [0, 0.05) is 16.3 Å². The molecule has 0 unspecified atom stereocenters. The highest BCUT2D eigenvalue weighted by atomic mass is 32.1. The van der Waals surface area contributed by atoms with E-state index in [2.05, 4.69) is 45.0 Å². The van der Waals surface area contributed by atoms with Gasteiger partial charge in [-0.15, -0.1) is 11.3 Å². The van der Waals surface area contributed by atoms with Gasteiger partial charge in [0.15, 0.2) is 5.43 Å². The third-order valence-corrected chi connectivity index (χ3v) is 6.62. The molecule has 0 N–H and O–H groups in total. The summed E-state index contributed by atoms with van der Waals surface area (Å²) in [5.41, 5.74) is 7.16. The third-order valence-electron chi connectivity index (χ3n) is 5.45. The number of rotatable bonds is 1. The topological polar surface area (TPSA) is 30.0 Å². The molecular weight excluding hydrogens is 362 g/mol. The molecule has 2 aliphatic rings. The zero-order valence-electron chi connectivity index (χ0n) is 16.0. The van der Waals surface area contributed by atoms with E-state index in [0.717, 1.165) is 48.3 Å². The largest absolute Gasteiger partial charge is 0.289 e. The molecule has 136 valence electrons. The van der Waals surface area contributed by atoms with E-state index in [1.807, 2.05) is 36.4 Å². The number of aryl methyl sites for hydroxylation is 3. The predicted octanol–water partition coefficient (Wildman–Crippen LogP) is 6.51. The summed E-state index contributed by atoms with van der Waals surface area (Å²) < 4.78 is 1.09. The van der Waals surface area contributed by atoms with Crippen molar-refractivity contribution in [2.24, 2.45) is 0 Å². The van der Waals surface area contributed by atoms with E-state index in [4.69, 9.17) is 4.98 Å². The Morgan fingerprint density at radius 1 is 0.821 bits per heavy atom.